The van der Waals surface area contributed by atoms with Crippen LogP contribution in [-0.2, 0) is 17.8 Å². The number of para-hydroxylation sites is 1. The highest BCUT2D eigenvalue weighted by Crippen LogP contribution is 2.12. The van der Waals surface area contributed by atoms with E-state index >= 15 is 0 Å². The third kappa shape index (κ3) is 4.52. The molecule has 0 bridgehead atoms. The zero-order valence-corrected chi connectivity index (χ0v) is 16.1. The summed E-state index contributed by atoms with van der Waals surface area (Å²) in [6.07, 6.45) is -0.369. The monoisotopic (exact) mass is 400 g/mol. The zero-order chi connectivity index (χ0) is 20.8. The maximum absolute atomic E-state index is 13.2. The van der Waals surface area contributed by atoms with Crippen molar-refractivity contribution in [3.05, 3.63) is 96.1 Å². The molecule has 1 aromatic heterocycles. The van der Waals surface area contributed by atoms with Gasteiger partial charge in [-0.25, -0.2) is 4.79 Å². The molecule has 150 valence electrons. The van der Waals surface area contributed by atoms with Crippen LogP contribution >= 0.6 is 0 Å². The first-order valence-electron chi connectivity index (χ1n) is 9.56. The second kappa shape index (κ2) is 9.00. The Morgan fingerprint density at radius 2 is 1.50 bits per heavy atom. The van der Waals surface area contributed by atoms with E-state index in [4.69, 9.17) is 4.74 Å². The minimum Gasteiger partial charge on any atom is -0.445 e. The van der Waals surface area contributed by atoms with Crippen LogP contribution in [0.15, 0.2) is 84.9 Å². The topological polar surface area (TPSA) is 86.1 Å². The highest BCUT2D eigenvalue weighted by atomic mass is 16.5. The lowest BCUT2D eigenvalue weighted by Gasteiger charge is -2.17. The Morgan fingerprint density at radius 1 is 0.867 bits per heavy atom. The van der Waals surface area contributed by atoms with Crippen molar-refractivity contribution in [3.63, 3.8) is 0 Å². The molecule has 0 spiro atoms. The lowest BCUT2D eigenvalue weighted by atomic mass is 10.1. The SMILES string of the molecule is O=C(N[C@H](Cc1ccccc1)C(=O)n1nnc2ccccc21)OCc1ccccc1. The summed E-state index contributed by atoms with van der Waals surface area (Å²) in [7, 11) is 0. The van der Waals surface area contributed by atoms with Gasteiger partial charge in [0.2, 0.25) is 0 Å². The minimum absolute atomic E-state index is 0.116. The fourth-order valence-electron chi connectivity index (χ4n) is 3.14. The number of ether oxygens (including phenoxy) is 1. The summed E-state index contributed by atoms with van der Waals surface area (Å²) in [6, 6.07) is 25.1. The molecule has 0 saturated carbocycles. The fourth-order valence-corrected chi connectivity index (χ4v) is 3.14. The number of carbonyl (C=O) groups excluding carboxylic acids is 2. The molecular weight excluding hydrogens is 380 g/mol. The summed E-state index contributed by atoms with van der Waals surface area (Å²) >= 11 is 0. The van der Waals surface area contributed by atoms with Gasteiger partial charge in [0, 0.05) is 6.42 Å². The number of benzene rings is 3. The summed E-state index contributed by atoms with van der Waals surface area (Å²) in [4.78, 5) is 25.6. The summed E-state index contributed by atoms with van der Waals surface area (Å²) in [5.74, 6) is -0.385. The van der Waals surface area contributed by atoms with Gasteiger partial charge in [0.15, 0.2) is 0 Å². The molecule has 0 aliphatic carbocycles. The van der Waals surface area contributed by atoms with Crippen molar-refractivity contribution in [1.82, 2.24) is 20.3 Å². The van der Waals surface area contributed by atoms with Crippen molar-refractivity contribution >= 4 is 23.0 Å². The maximum atomic E-state index is 13.2. The average Bonchev–Trinajstić information content (AvgIpc) is 3.22. The van der Waals surface area contributed by atoms with E-state index in [1.807, 2.05) is 72.8 Å². The van der Waals surface area contributed by atoms with Crippen LogP contribution in [0.25, 0.3) is 11.0 Å². The summed E-state index contributed by atoms with van der Waals surface area (Å²) in [5.41, 5.74) is 2.96. The third-order valence-corrected chi connectivity index (χ3v) is 4.65. The molecule has 1 heterocycles. The molecule has 0 fully saturated rings. The van der Waals surface area contributed by atoms with Gasteiger partial charge in [-0.1, -0.05) is 78.0 Å². The molecule has 0 radical (unpaired) electrons. The predicted molar refractivity (Wildman–Crippen MR) is 112 cm³/mol. The zero-order valence-electron chi connectivity index (χ0n) is 16.1. The van der Waals surface area contributed by atoms with Crippen LogP contribution in [0.5, 0.6) is 0 Å². The van der Waals surface area contributed by atoms with E-state index in [1.54, 1.807) is 12.1 Å². The Labute approximate surface area is 173 Å². The highest BCUT2D eigenvalue weighted by Gasteiger charge is 2.26. The molecule has 3 aromatic carbocycles. The Kier molecular flexibility index (Phi) is 5.80. The van der Waals surface area contributed by atoms with Crippen molar-refractivity contribution in [1.29, 1.82) is 0 Å². The van der Waals surface area contributed by atoms with E-state index in [2.05, 4.69) is 15.6 Å². The number of nitrogens with zero attached hydrogens (tertiary/aromatic N) is 3. The molecule has 7 nitrogen and oxygen atoms in total. The quantitative estimate of drug-likeness (QED) is 0.534. The number of aromatic nitrogens is 3. The van der Waals surface area contributed by atoms with E-state index < -0.39 is 12.1 Å². The van der Waals surface area contributed by atoms with Crippen LogP contribution in [0.2, 0.25) is 0 Å². The number of amides is 1. The van der Waals surface area contributed by atoms with Gasteiger partial charge in [-0.3, -0.25) is 4.79 Å². The second-order valence-corrected chi connectivity index (χ2v) is 6.78. The molecule has 7 heteroatoms. The van der Waals surface area contributed by atoms with Crippen molar-refractivity contribution in [2.45, 2.75) is 19.1 Å². The standard InChI is InChI=1S/C23H20N4O3/c28-22(27-21-14-8-7-13-19(21)25-26-27)20(15-17-9-3-1-4-10-17)24-23(29)30-16-18-11-5-2-6-12-18/h1-14,20H,15-16H2,(H,24,29)/t20-/m1/s1. The molecule has 4 rings (SSSR count). The Morgan fingerprint density at radius 3 is 2.23 bits per heavy atom. The summed E-state index contributed by atoms with van der Waals surface area (Å²) in [5, 5.41) is 10.7. The summed E-state index contributed by atoms with van der Waals surface area (Å²) in [6.45, 7) is 0.116. The molecular formula is C23H20N4O3. The van der Waals surface area contributed by atoms with Crippen LogP contribution in [-0.4, -0.2) is 33.0 Å². The third-order valence-electron chi connectivity index (χ3n) is 4.65. The number of hydrogen-bond donors (Lipinski definition) is 1. The smallest absolute Gasteiger partial charge is 0.408 e. The molecule has 0 aliphatic heterocycles. The lowest BCUT2D eigenvalue weighted by Crippen LogP contribution is -2.45. The first-order valence-corrected chi connectivity index (χ1v) is 9.56. The van der Waals surface area contributed by atoms with Gasteiger partial charge in [-0.05, 0) is 23.3 Å². The van der Waals surface area contributed by atoms with Crippen LogP contribution < -0.4 is 5.32 Å². The Balaban J connectivity index is 1.53. The van der Waals surface area contributed by atoms with Gasteiger partial charge >= 0.3 is 6.09 Å². The molecule has 1 N–H and O–H groups in total. The Bertz CT molecular complexity index is 1140. The van der Waals surface area contributed by atoms with E-state index in [0.29, 0.717) is 17.5 Å². The normalized spacial score (nSPS) is 11.7. The molecule has 0 saturated heterocycles. The van der Waals surface area contributed by atoms with Gasteiger partial charge in [-0.2, -0.15) is 4.68 Å². The van der Waals surface area contributed by atoms with Crippen LogP contribution in [0, 0.1) is 0 Å². The number of carbonyl (C=O) groups is 2. The van der Waals surface area contributed by atoms with Gasteiger partial charge in [-0.15, -0.1) is 5.10 Å². The van der Waals surface area contributed by atoms with Gasteiger partial charge in [0.1, 0.15) is 18.2 Å². The first kappa shape index (κ1) is 19.3. The van der Waals surface area contributed by atoms with Crippen LogP contribution in [0.3, 0.4) is 0 Å². The average molecular weight is 400 g/mol. The maximum Gasteiger partial charge on any atom is 0.408 e. The first-order chi connectivity index (χ1) is 14.7. The molecule has 1 atom stereocenters. The van der Waals surface area contributed by atoms with Crippen LogP contribution in [0.4, 0.5) is 4.79 Å². The minimum atomic E-state index is -0.860. The molecule has 0 aliphatic rings. The molecule has 1 amide bonds. The van der Waals surface area contributed by atoms with Crippen molar-refractivity contribution in [3.8, 4) is 0 Å². The van der Waals surface area contributed by atoms with E-state index in [1.165, 1.54) is 4.68 Å². The molecule has 0 unspecified atom stereocenters. The van der Waals surface area contributed by atoms with Crippen LogP contribution in [0.1, 0.15) is 15.9 Å². The number of alkyl carbamates (subject to hydrolysis) is 1. The van der Waals surface area contributed by atoms with Crippen molar-refractivity contribution < 1.29 is 14.3 Å². The molecule has 4 aromatic rings. The van der Waals surface area contributed by atoms with E-state index in [9.17, 15) is 9.59 Å². The number of rotatable bonds is 6. The fraction of sp³-hybridized carbons (Fsp3) is 0.130. The van der Waals surface area contributed by atoms with E-state index in [-0.39, 0.29) is 12.5 Å². The van der Waals surface area contributed by atoms with Gasteiger partial charge in [0.05, 0.1) is 5.52 Å². The highest BCUT2D eigenvalue weighted by molar-refractivity contribution is 5.93. The van der Waals surface area contributed by atoms with Crippen molar-refractivity contribution in [2.75, 3.05) is 0 Å². The number of nitrogens with one attached hydrogen (secondary N) is 1. The predicted octanol–water partition coefficient (Wildman–Crippen LogP) is 3.61. The van der Waals surface area contributed by atoms with Gasteiger partial charge < -0.3 is 10.1 Å². The lowest BCUT2D eigenvalue weighted by molar-refractivity contribution is 0.0824. The largest absolute Gasteiger partial charge is 0.445 e. The molecule has 30 heavy (non-hydrogen) atoms. The van der Waals surface area contributed by atoms with Crippen molar-refractivity contribution in [2.24, 2.45) is 0 Å². The van der Waals surface area contributed by atoms with E-state index in [0.717, 1.165) is 11.1 Å². The Hall–Kier alpha value is -4.00. The number of fused-ring (bicyclic) bond motifs is 1. The number of hydrogen-bond acceptors (Lipinski definition) is 5. The van der Waals surface area contributed by atoms with Gasteiger partial charge in [0.25, 0.3) is 5.91 Å². The second-order valence-electron chi connectivity index (χ2n) is 6.78. The summed E-state index contributed by atoms with van der Waals surface area (Å²) < 4.78 is 6.53.